The van der Waals surface area contributed by atoms with Crippen LogP contribution in [0.1, 0.15) is 30.3 Å². The van der Waals surface area contributed by atoms with Gasteiger partial charge in [0, 0.05) is 10.4 Å². The lowest BCUT2D eigenvalue weighted by atomic mass is 10.0. The molecule has 1 aliphatic rings. The molecule has 3 heterocycles. The van der Waals surface area contributed by atoms with Crippen LogP contribution in [0.15, 0.2) is 62.8 Å². The van der Waals surface area contributed by atoms with Crippen molar-refractivity contribution >= 4 is 34.7 Å². The molecular weight excluding hydrogens is 458 g/mol. The van der Waals surface area contributed by atoms with Gasteiger partial charge in [0.1, 0.15) is 11.8 Å². The fraction of sp³-hybridized carbons (Fsp3) is 0.227. The molecule has 1 aliphatic heterocycles. The first-order valence-corrected chi connectivity index (χ1v) is 11.4. The normalized spacial score (nSPS) is 16.2. The first kappa shape index (κ1) is 22.1. The van der Waals surface area contributed by atoms with E-state index in [0.717, 1.165) is 16.2 Å². The van der Waals surface area contributed by atoms with Crippen LogP contribution in [-0.2, 0) is 9.53 Å². The SMILES string of the molecule is CCOC(=O)C1=C(C)N=c2s/c(=C\c3ccccc3OC(F)F)c(=O)n2C1c1cccs1. The second-order valence-electron chi connectivity index (χ2n) is 6.73. The molecule has 2 aromatic heterocycles. The van der Waals surface area contributed by atoms with E-state index in [4.69, 9.17) is 4.74 Å². The van der Waals surface area contributed by atoms with Gasteiger partial charge in [-0.25, -0.2) is 9.79 Å². The minimum atomic E-state index is -2.99. The Morgan fingerprint density at radius 1 is 1.28 bits per heavy atom. The van der Waals surface area contributed by atoms with Gasteiger partial charge in [0.05, 0.1) is 22.4 Å². The Hall–Kier alpha value is -3.11. The molecule has 32 heavy (non-hydrogen) atoms. The second kappa shape index (κ2) is 9.17. The fourth-order valence-electron chi connectivity index (χ4n) is 3.45. The minimum Gasteiger partial charge on any atom is -0.463 e. The highest BCUT2D eigenvalue weighted by molar-refractivity contribution is 7.10. The van der Waals surface area contributed by atoms with Crippen molar-refractivity contribution in [1.29, 1.82) is 0 Å². The van der Waals surface area contributed by atoms with Gasteiger partial charge < -0.3 is 9.47 Å². The zero-order chi connectivity index (χ0) is 22.8. The maximum atomic E-state index is 13.4. The van der Waals surface area contributed by atoms with Crippen LogP contribution in [0, 0.1) is 0 Å². The van der Waals surface area contributed by atoms with Crippen LogP contribution in [0.3, 0.4) is 0 Å². The minimum absolute atomic E-state index is 0.0356. The lowest BCUT2D eigenvalue weighted by molar-refractivity contribution is -0.139. The Bertz CT molecular complexity index is 1360. The Balaban J connectivity index is 1.91. The van der Waals surface area contributed by atoms with Crippen LogP contribution < -0.4 is 19.6 Å². The molecule has 0 saturated carbocycles. The van der Waals surface area contributed by atoms with Crippen LogP contribution in [0.25, 0.3) is 6.08 Å². The third-order valence-corrected chi connectivity index (χ3v) is 6.66. The van der Waals surface area contributed by atoms with Gasteiger partial charge >= 0.3 is 12.6 Å². The summed E-state index contributed by atoms with van der Waals surface area (Å²) in [6.07, 6.45) is 1.50. The number of benzene rings is 1. The quantitative estimate of drug-likeness (QED) is 0.511. The lowest BCUT2D eigenvalue weighted by Gasteiger charge is -2.23. The number of allylic oxidation sites excluding steroid dienone is 1. The fourth-order valence-corrected chi connectivity index (χ4v) is 5.31. The van der Waals surface area contributed by atoms with Crippen molar-refractivity contribution in [1.82, 2.24) is 4.57 Å². The lowest BCUT2D eigenvalue weighted by Crippen LogP contribution is -2.39. The number of carbonyl (C=O) groups is 1. The van der Waals surface area contributed by atoms with Crippen LogP contribution in [0.5, 0.6) is 5.75 Å². The standard InChI is InChI=1S/C22H18F2N2O4S2/c1-3-29-20(28)17-12(2)25-22-26(18(17)15-9-6-10-31-15)19(27)16(32-22)11-13-7-4-5-8-14(13)30-21(23)24/h4-11,18,21H,3H2,1-2H3/b16-11-. The number of thiazole rings is 1. The van der Waals surface area contributed by atoms with E-state index in [-0.39, 0.29) is 22.4 Å². The number of hydrogen-bond donors (Lipinski definition) is 0. The monoisotopic (exact) mass is 476 g/mol. The molecule has 0 saturated heterocycles. The molecule has 0 N–H and O–H groups in total. The first-order chi connectivity index (χ1) is 15.4. The number of carbonyl (C=O) groups excluding carboxylic acids is 1. The van der Waals surface area contributed by atoms with Gasteiger partial charge in [-0.1, -0.05) is 35.6 Å². The number of nitrogens with zero attached hydrogens (tertiary/aromatic N) is 2. The molecule has 4 rings (SSSR count). The van der Waals surface area contributed by atoms with Crippen LogP contribution in [0.2, 0.25) is 0 Å². The summed E-state index contributed by atoms with van der Waals surface area (Å²) in [5.41, 5.74) is 0.728. The molecule has 0 spiro atoms. The van der Waals surface area contributed by atoms with Crippen molar-refractivity contribution in [3.05, 3.63) is 83.2 Å². The van der Waals surface area contributed by atoms with Crippen molar-refractivity contribution in [2.75, 3.05) is 6.61 Å². The highest BCUT2D eigenvalue weighted by Crippen LogP contribution is 2.33. The van der Waals surface area contributed by atoms with Crippen molar-refractivity contribution in [2.24, 2.45) is 4.99 Å². The number of aromatic nitrogens is 1. The Morgan fingerprint density at radius 3 is 2.75 bits per heavy atom. The van der Waals surface area contributed by atoms with E-state index >= 15 is 0 Å². The van der Waals surface area contributed by atoms with E-state index in [1.807, 2.05) is 17.5 Å². The van der Waals surface area contributed by atoms with Gasteiger partial charge in [-0.2, -0.15) is 8.78 Å². The van der Waals surface area contributed by atoms with Gasteiger partial charge in [-0.3, -0.25) is 9.36 Å². The van der Waals surface area contributed by atoms with E-state index in [1.165, 1.54) is 28.0 Å². The zero-order valence-electron chi connectivity index (χ0n) is 17.1. The Kier molecular flexibility index (Phi) is 6.33. The van der Waals surface area contributed by atoms with E-state index in [0.29, 0.717) is 21.6 Å². The average Bonchev–Trinajstić information content (AvgIpc) is 3.37. The smallest absolute Gasteiger partial charge is 0.387 e. The average molecular weight is 477 g/mol. The van der Waals surface area contributed by atoms with Crippen molar-refractivity contribution in [3.8, 4) is 5.75 Å². The van der Waals surface area contributed by atoms with Crippen LogP contribution in [-0.4, -0.2) is 23.8 Å². The summed E-state index contributed by atoms with van der Waals surface area (Å²) < 4.78 is 37.1. The van der Waals surface area contributed by atoms with E-state index in [9.17, 15) is 18.4 Å². The number of rotatable bonds is 6. The number of hydrogen-bond acceptors (Lipinski definition) is 7. The number of para-hydroxylation sites is 1. The number of halogens is 2. The second-order valence-corrected chi connectivity index (χ2v) is 8.72. The highest BCUT2D eigenvalue weighted by atomic mass is 32.1. The highest BCUT2D eigenvalue weighted by Gasteiger charge is 2.33. The molecule has 1 unspecified atom stereocenters. The maximum Gasteiger partial charge on any atom is 0.387 e. The Morgan fingerprint density at radius 2 is 2.06 bits per heavy atom. The third kappa shape index (κ3) is 4.15. The molecule has 0 amide bonds. The summed E-state index contributed by atoms with van der Waals surface area (Å²) in [4.78, 5) is 31.8. The summed E-state index contributed by atoms with van der Waals surface area (Å²) in [6.45, 7) is 0.620. The topological polar surface area (TPSA) is 69.9 Å². The van der Waals surface area contributed by atoms with E-state index in [2.05, 4.69) is 9.73 Å². The van der Waals surface area contributed by atoms with E-state index < -0.39 is 18.6 Å². The molecule has 0 fully saturated rings. The third-order valence-electron chi connectivity index (χ3n) is 4.75. The van der Waals surface area contributed by atoms with Gasteiger partial charge in [-0.05, 0) is 37.4 Å². The molecule has 1 atom stereocenters. The molecule has 1 aromatic carbocycles. The van der Waals surface area contributed by atoms with Gasteiger partial charge in [0.25, 0.3) is 5.56 Å². The number of esters is 1. The molecule has 10 heteroatoms. The first-order valence-electron chi connectivity index (χ1n) is 9.67. The Labute approximate surface area is 189 Å². The zero-order valence-corrected chi connectivity index (χ0v) is 18.7. The summed E-state index contributed by atoms with van der Waals surface area (Å²) in [5, 5.41) is 1.86. The molecule has 0 aliphatic carbocycles. The molecule has 0 radical (unpaired) electrons. The van der Waals surface area contributed by atoms with Gasteiger partial charge in [-0.15, -0.1) is 11.3 Å². The molecule has 3 aromatic rings. The number of alkyl halides is 2. The van der Waals surface area contributed by atoms with Crippen LogP contribution >= 0.6 is 22.7 Å². The number of fused-ring (bicyclic) bond motifs is 1. The summed E-state index contributed by atoms with van der Waals surface area (Å²) in [7, 11) is 0. The number of thiophene rings is 1. The molecular formula is C22H18F2N2O4S2. The molecule has 166 valence electrons. The number of ether oxygens (including phenoxy) is 2. The molecule has 0 bridgehead atoms. The summed E-state index contributed by atoms with van der Waals surface area (Å²) in [6, 6.07) is 9.23. The predicted molar refractivity (Wildman–Crippen MR) is 118 cm³/mol. The maximum absolute atomic E-state index is 13.4. The summed E-state index contributed by atoms with van der Waals surface area (Å²) in [5.74, 6) is -0.566. The van der Waals surface area contributed by atoms with E-state index in [1.54, 1.807) is 32.0 Å². The van der Waals surface area contributed by atoms with Crippen molar-refractivity contribution < 1.29 is 23.0 Å². The van der Waals surface area contributed by atoms with Gasteiger partial charge in [0.2, 0.25) is 0 Å². The van der Waals surface area contributed by atoms with Crippen LogP contribution in [0.4, 0.5) is 8.78 Å². The largest absolute Gasteiger partial charge is 0.463 e. The predicted octanol–water partition coefficient (Wildman–Crippen LogP) is 3.46. The summed E-state index contributed by atoms with van der Waals surface area (Å²) >= 11 is 2.53. The van der Waals surface area contributed by atoms with Crippen molar-refractivity contribution in [3.63, 3.8) is 0 Å². The van der Waals surface area contributed by atoms with Gasteiger partial charge in [0.15, 0.2) is 4.80 Å². The van der Waals surface area contributed by atoms with Crippen molar-refractivity contribution in [2.45, 2.75) is 26.5 Å². The molecule has 6 nitrogen and oxygen atoms in total.